The summed E-state index contributed by atoms with van der Waals surface area (Å²) in [5.74, 6) is 0.833. The van der Waals surface area contributed by atoms with Gasteiger partial charge < -0.3 is 10.5 Å². The third kappa shape index (κ3) is 3.69. The maximum atomic E-state index is 11.9. The van der Waals surface area contributed by atoms with E-state index in [2.05, 4.69) is 5.10 Å². The zero-order chi connectivity index (χ0) is 17.8. The van der Waals surface area contributed by atoms with E-state index < -0.39 is 0 Å². The van der Waals surface area contributed by atoms with Crippen LogP contribution in [-0.4, -0.2) is 16.9 Å². The molecular formula is C19H19N3O2S. The Morgan fingerprint density at radius 3 is 2.72 bits per heavy atom. The lowest BCUT2D eigenvalue weighted by Gasteiger charge is -2.10. The average Bonchev–Trinajstić information content (AvgIpc) is 2.64. The molecule has 0 aliphatic rings. The first-order valence-electron chi connectivity index (χ1n) is 7.91. The van der Waals surface area contributed by atoms with Crippen molar-refractivity contribution < 1.29 is 4.74 Å². The lowest BCUT2D eigenvalue weighted by Crippen LogP contribution is -2.24. The van der Waals surface area contributed by atoms with Gasteiger partial charge >= 0.3 is 0 Å². The van der Waals surface area contributed by atoms with Gasteiger partial charge in [0.2, 0.25) is 0 Å². The zero-order valence-corrected chi connectivity index (χ0v) is 14.9. The molecule has 2 aromatic carbocycles. The highest BCUT2D eigenvalue weighted by molar-refractivity contribution is 7.99. The van der Waals surface area contributed by atoms with Crippen molar-refractivity contribution in [3.63, 3.8) is 0 Å². The Morgan fingerprint density at radius 1 is 1.16 bits per heavy atom. The molecule has 2 N–H and O–H groups in total. The van der Waals surface area contributed by atoms with Gasteiger partial charge in [-0.25, -0.2) is 4.68 Å². The monoisotopic (exact) mass is 353 g/mol. The first-order chi connectivity index (χ1) is 12.1. The lowest BCUT2D eigenvalue weighted by atomic mass is 10.1. The van der Waals surface area contributed by atoms with Gasteiger partial charge in [0.05, 0.1) is 17.7 Å². The zero-order valence-electron chi connectivity index (χ0n) is 14.1. The molecule has 1 heterocycles. The minimum Gasteiger partial charge on any atom is -0.496 e. The van der Waals surface area contributed by atoms with Crippen LogP contribution >= 0.6 is 11.8 Å². The van der Waals surface area contributed by atoms with Crippen LogP contribution in [0.4, 0.5) is 5.69 Å². The van der Waals surface area contributed by atoms with E-state index in [0.717, 1.165) is 21.1 Å². The Bertz CT molecular complexity index is 953. The number of nitrogens with zero attached hydrogens (tertiary/aromatic N) is 2. The van der Waals surface area contributed by atoms with Crippen molar-refractivity contribution in [1.82, 2.24) is 9.78 Å². The predicted octanol–water partition coefficient (Wildman–Crippen LogP) is 3.67. The van der Waals surface area contributed by atoms with E-state index >= 15 is 0 Å². The first kappa shape index (κ1) is 17.1. The van der Waals surface area contributed by atoms with E-state index in [1.165, 1.54) is 4.68 Å². The molecular weight excluding hydrogens is 334 g/mol. The van der Waals surface area contributed by atoms with Gasteiger partial charge in [-0.2, -0.15) is 5.10 Å². The highest BCUT2D eigenvalue weighted by Gasteiger charge is 2.09. The first-order valence-corrected chi connectivity index (χ1v) is 8.73. The minimum absolute atomic E-state index is 0.203. The number of nitrogens with two attached hydrogens (primary N) is 1. The number of para-hydroxylation sites is 1. The summed E-state index contributed by atoms with van der Waals surface area (Å²) in [5, 5.41) is 4.39. The molecule has 128 valence electrons. The average molecular weight is 353 g/mol. The molecule has 0 radical (unpaired) electrons. The number of benzene rings is 2. The minimum atomic E-state index is -0.259. The number of hydrogen-bond acceptors (Lipinski definition) is 5. The number of aryl methyl sites for hydroxylation is 1. The molecule has 0 aliphatic heterocycles. The fraction of sp³-hybridized carbons (Fsp3) is 0.158. The summed E-state index contributed by atoms with van der Waals surface area (Å²) >= 11 is 1.61. The molecule has 0 saturated carbocycles. The van der Waals surface area contributed by atoms with Crippen LogP contribution in [0.25, 0.3) is 11.3 Å². The van der Waals surface area contributed by atoms with E-state index in [1.54, 1.807) is 24.9 Å². The Kier molecular flexibility index (Phi) is 5.09. The van der Waals surface area contributed by atoms with Crippen LogP contribution in [0, 0.1) is 0 Å². The van der Waals surface area contributed by atoms with Gasteiger partial charge in [-0.05, 0) is 37.3 Å². The second-order valence-corrected chi connectivity index (χ2v) is 6.50. The van der Waals surface area contributed by atoms with Crippen LogP contribution in [0.1, 0.15) is 6.92 Å². The van der Waals surface area contributed by atoms with Gasteiger partial charge in [0.1, 0.15) is 11.4 Å². The van der Waals surface area contributed by atoms with Gasteiger partial charge in [-0.1, -0.05) is 36.0 Å². The van der Waals surface area contributed by atoms with Gasteiger partial charge in [0.15, 0.2) is 0 Å². The van der Waals surface area contributed by atoms with Crippen LogP contribution in [0.3, 0.4) is 0 Å². The molecule has 0 unspecified atom stereocenters. The second-order valence-electron chi connectivity index (χ2n) is 5.39. The standard InChI is InChI=1S/C19H19N3O2S/c1-3-22-19(23)15(20)12-16(21-22)13-7-6-8-14(11-13)25-18-10-5-4-9-17(18)24-2/h4-12H,3,20H2,1-2H3. The van der Waals surface area contributed by atoms with Gasteiger partial charge in [-0.15, -0.1) is 0 Å². The van der Waals surface area contributed by atoms with Crippen LogP contribution in [0.15, 0.2) is 69.2 Å². The Labute approximate surface area is 150 Å². The normalized spacial score (nSPS) is 10.6. The molecule has 0 atom stereocenters. The highest BCUT2D eigenvalue weighted by Crippen LogP contribution is 2.35. The SMILES string of the molecule is CCn1nc(-c2cccc(Sc3ccccc3OC)c2)cc(N)c1=O. The Hall–Kier alpha value is -2.73. The Morgan fingerprint density at radius 2 is 1.96 bits per heavy atom. The number of rotatable bonds is 5. The van der Waals surface area contributed by atoms with Crippen LogP contribution in [0.5, 0.6) is 5.75 Å². The summed E-state index contributed by atoms with van der Waals surface area (Å²) in [7, 11) is 1.66. The number of hydrogen-bond donors (Lipinski definition) is 1. The van der Waals surface area contributed by atoms with E-state index in [0.29, 0.717) is 12.2 Å². The molecule has 0 saturated heterocycles. The summed E-state index contributed by atoms with van der Waals surface area (Å²) in [6.07, 6.45) is 0. The van der Waals surface area contributed by atoms with Crippen molar-refractivity contribution >= 4 is 17.4 Å². The molecule has 1 aromatic heterocycles. The van der Waals surface area contributed by atoms with Gasteiger partial charge in [0, 0.05) is 17.0 Å². The third-order valence-electron chi connectivity index (χ3n) is 3.73. The van der Waals surface area contributed by atoms with Crippen molar-refractivity contribution in [2.24, 2.45) is 0 Å². The lowest BCUT2D eigenvalue weighted by molar-refractivity contribution is 0.405. The topological polar surface area (TPSA) is 70.1 Å². The maximum absolute atomic E-state index is 11.9. The highest BCUT2D eigenvalue weighted by atomic mass is 32.2. The molecule has 0 fully saturated rings. The number of methoxy groups -OCH3 is 1. The van der Waals surface area contributed by atoms with Crippen LogP contribution in [-0.2, 0) is 6.54 Å². The summed E-state index contributed by atoms with van der Waals surface area (Å²) in [6, 6.07) is 17.5. The number of anilines is 1. The van der Waals surface area contributed by atoms with E-state index in [4.69, 9.17) is 10.5 Å². The quantitative estimate of drug-likeness (QED) is 0.758. The predicted molar refractivity (Wildman–Crippen MR) is 101 cm³/mol. The summed E-state index contributed by atoms with van der Waals surface area (Å²) in [5.41, 5.74) is 7.38. The number of ether oxygens (including phenoxy) is 1. The fourth-order valence-electron chi connectivity index (χ4n) is 2.47. The van der Waals surface area contributed by atoms with Crippen molar-refractivity contribution in [2.45, 2.75) is 23.3 Å². The number of aromatic nitrogens is 2. The molecule has 0 aliphatic carbocycles. The molecule has 3 rings (SSSR count). The fourth-order valence-corrected chi connectivity index (χ4v) is 3.45. The molecule has 0 spiro atoms. The third-order valence-corrected chi connectivity index (χ3v) is 4.78. The Balaban J connectivity index is 1.97. The van der Waals surface area contributed by atoms with Crippen molar-refractivity contribution in [3.05, 3.63) is 65.0 Å². The summed E-state index contributed by atoms with van der Waals surface area (Å²) in [4.78, 5) is 14.0. The van der Waals surface area contributed by atoms with Crippen LogP contribution < -0.4 is 16.0 Å². The van der Waals surface area contributed by atoms with E-state index in [9.17, 15) is 4.79 Å². The van der Waals surface area contributed by atoms with Crippen LogP contribution in [0.2, 0.25) is 0 Å². The summed E-state index contributed by atoms with van der Waals surface area (Å²) in [6.45, 7) is 2.35. The molecule has 25 heavy (non-hydrogen) atoms. The molecule has 3 aromatic rings. The van der Waals surface area contributed by atoms with Crippen molar-refractivity contribution in [1.29, 1.82) is 0 Å². The molecule has 5 nitrogen and oxygen atoms in total. The summed E-state index contributed by atoms with van der Waals surface area (Å²) < 4.78 is 6.78. The molecule has 0 amide bonds. The molecule has 0 bridgehead atoms. The smallest absolute Gasteiger partial charge is 0.289 e. The van der Waals surface area contributed by atoms with E-state index in [-0.39, 0.29) is 11.2 Å². The van der Waals surface area contributed by atoms with Gasteiger partial charge in [0.25, 0.3) is 5.56 Å². The second kappa shape index (κ2) is 7.44. The molecule has 6 heteroatoms. The van der Waals surface area contributed by atoms with Crippen molar-refractivity contribution in [3.8, 4) is 17.0 Å². The maximum Gasteiger partial charge on any atom is 0.289 e. The van der Waals surface area contributed by atoms with Gasteiger partial charge in [-0.3, -0.25) is 4.79 Å². The number of nitrogen functional groups attached to an aromatic ring is 1. The largest absolute Gasteiger partial charge is 0.496 e. The van der Waals surface area contributed by atoms with E-state index in [1.807, 2.05) is 55.5 Å². The van der Waals surface area contributed by atoms with Crippen molar-refractivity contribution in [2.75, 3.05) is 12.8 Å².